The van der Waals surface area contributed by atoms with Crippen LogP contribution in [0.2, 0.25) is 12.1 Å². The van der Waals surface area contributed by atoms with Gasteiger partial charge < -0.3 is 4.90 Å². The Hall–Kier alpha value is 0.177. The number of hydrogen-bond donors (Lipinski definition) is 0. The van der Waals surface area contributed by atoms with Gasteiger partial charge in [-0.1, -0.05) is 32.4 Å². The Balaban J connectivity index is 3.39. The van der Waals surface area contributed by atoms with Crippen molar-refractivity contribution >= 4 is 8.80 Å². The minimum atomic E-state index is -0.345. The second kappa shape index (κ2) is 5.92. The zero-order valence-corrected chi connectivity index (χ0v) is 9.01. The van der Waals surface area contributed by atoms with Crippen molar-refractivity contribution in [1.82, 2.24) is 4.90 Å². The quantitative estimate of drug-likeness (QED) is 0.552. The van der Waals surface area contributed by atoms with Crippen molar-refractivity contribution in [3.63, 3.8) is 0 Å². The Labute approximate surface area is 67.0 Å². The molecule has 0 bridgehead atoms. The van der Waals surface area contributed by atoms with Crippen molar-refractivity contribution in [2.45, 2.75) is 32.4 Å². The lowest BCUT2D eigenvalue weighted by atomic mass is 10.6. The van der Waals surface area contributed by atoms with Crippen LogP contribution >= 0.6 is 0 Å². The van der Waals surface area contributed by atoms with Crippen LogP contribution in [0.25, 0.3) is 0 Å². The highest BCUT2D eigenvalue weighted by molar-refractivity contribution is 6.58. The molecule has 2 heteroatoms. The minimum absolute atomic E-state index is 0.345. The van der Waals surface area contributed by atoms with E-state index in [1.54, 1.807) is 0 Å². The van der Waals surface area contributed by atoms with E-state index in [1.807, 2.05) is 0 Å². The van der Waals surface area contributed by atoms with Gasteiger partial charge in [0.25, 0.3) is 0 Å². The lowest BCUT2D eigenvalue weighted by Gasteiger charge is -2.16. The molecule has 0 fully saturated rings. The van der Waals surface area contributed by atoms with Crippen molar-refractivity contribution < 1.29 is 0 Å². The lowest BCUT2D eigenvalue weighted by Crippen LogP contribution is -2.28. The van der Waals surface area contributed by atoms with Crippen molar-refractivity contribution in [2.24, 2.45) is 0 Å². The van der Waals surface area contributed by atoms with Crippen LogP contribution in [0, 0.1) is 0 Å². The monoisotopic (exact) mass is 159 g/mol. The number of hydrogen-bond acceptors (Lipinski definition) is 1. The average Bonchev–Trinajstić information content (AvgIpc) is 1.86. The Morgan fingerprint density at radius 3 is 2.10 bits per heavy atom. The first kappa shape index (κ1) is 10.2. The van der Waals surface area contributed by atoms with E-state index in [0.29, 0.717) is 0 Å². The summed E-state index contributed by atoms with van der Waals surface area (Å²) in [4.78, 5) is 2.34. The molecule has 0 aromatic carbocycles. The molecular formula is C8H21NSi. The molecule has 0 N–H and O–H groups in total. The van der Waals surface area contributed by atoms with Gasteiger partial charge in [-0.3, -0.25) is 0 Å². The highest BCUT2D eigenvalue weighted by atomic mass is 28.3. The van der Waals surface area contributed by atoms with Gasteiger partial charge in [0, 0.05) is 0 Å². The molecule has 0 rings (SSSR count). The molecule has 0 spiro atoms. The van der Waals surface area contributed by atoms with Gasteiger partial charge in [-0.2, -0.15) is 0 Å². The van der Waals surface area contributed by atoms with Gasteiger partial charge in [-0.25, -0.2) is 0 Å². The summed E-state index contributed by atoms with van der Waals surface area (Å²) in [5.74, 6) is 0. The Morgan fingerprint density at radius 2 is 1.80 bits per heavy atom. The molecular weight excluding hydrogens is 138 g/mol. The molecule has 0 aromatic heterocycles. The summed E-state index contributed by atoms with van der Waals surface area (Å²) < 4.78 is 0. The standard InChI is InChI=1S/C8H21NSi/c1-5-7-10(6-2)8-9(3)4/h10H,5-8H2,1-4H3. The zero-order chi connectivity index (χ0) is 7.98. The Kier molecular flexibility index (Phi) is 6.03. The topological polar surface area (TPSA) is 3.24 Å². The predicted octanol–water partition coefficient (Wildman–Crippen LogP) is 1.74. The van der Waals surface area contributed by atoms with Gasteiger partial charge in [0.2, 0.25) is 0 Å². The lowest BCUT2D eigenvalue weighted by molar-refractivity contribution is 0.472. The largest absolute Gasteiger partial charge is 0.312 e. The maximum Gasteiger partial charge on any atom is 0.0527 e. The third-order valence-electron chi connectivity index (χ3n) is 1.90. The second-order valence-electron chi connectivity index (χ2n) is 3.33. The molecule has 0 aliphatic heterocycles. The van der Waals surface area contributed by atoms with E-state index in [1.165, 1.54) is 24.7 Å². The summed E-state index contributed by atoms with van der Waals surface area (Å²) in [5.41, 5.74) is 0. The maximum atomic E-state index is 2.34. The van der Waals surface area contributed by atoms with Crippen molar-refractivity contribution in [2.75, 3.05) is 20.3 Å². The summed E-state index contributed by atoms with van der Waals surface area (Å²) >= 11 is 0. The zero-order valence-electron chi connectivity index (χ0n) is 7.85. The fourth-order valence-corrected chi connectivity index (χ4v) is 4.05. The predicted molar refractivity (Wildman–Crippen MR) is 51.3 cm³/mol. The molecule has 0 amide bonds. The Morgan fingerprint density at radius 1 is 1.20 bits per heavy atom. The molecule has 0 aromatic rings. The normalized spacial score (nSPS) is 14.1. The average molecular weight is 159 g/mol. The maximum absolute atomic E-state index is 2.34. The third kappa shape index (κ3) is 5.00. The van der Waals surface area contributed by atoms with E-state index >= 15 is 0 Å². The first-order chi connectivity index (χ1) is 4.70. The van der Waals surface area contributed by atoms with Crippen molar-refractivity contribution in [1.29, 1.82) is 0 Å². The minimum Gasteiger partial charge on any atom is -0.312 e. The van der Waals surface area contributed by atoms with Crippen LogP contribution in [0.15, 0.2) is 0 Å². The van der Waals surface area contributed by atoms with E-state index < -0.39 is 0 Å². The van der Waals surface area contributed by atoms with E-state index in [-0.39, 0.29) is 8.80 Å². The van der Waals surface area contributed by atoms with Gasteiger partial charge in [0.05, 0.1) is 8.80 Å². The van der Waals surface area contributed by atoms with Gasteiger partial charge in [0.1, 0.15) is 0 Å². The first-order valence-electron chi connectivity index (χ1n) is 4.35. The van der Waals surface area contributed by atoms with E-state index in [9.17, 15) is 0 Å². The number of rotatable bonds is 5. The highest BCUT2D eigenvalue weighted by Crippen LogP contribution is 2.02. The first-order valence-corrected chi connectivity index (χ1v) is 6.80. The van der Waals surface area contributed by atoms with Crippen LogP contribution in [0.5, 0.6) is 0 Å². The summed E-state index contributed by atoms with van der Waals surface area (Å²) in [6.07, 6.45) is 2.78. The smallest absolute Gasteiger partial charge is 0.0527 e. The number of nitrogens with zero attached hydrogens (tertiary/aromatic N) is 1. The molecule has 1 unspecified atom stereocenters. The molecule has 1 nitrogen and oxygen atoms in total. The molecule has 0 saturated heterocycles. The van der Waals surface area contributed by atoms with Gasteiger partial charge in [0.15, 0.2) is 0 Å². The summed E-state index contributed by atoms with van der Waals surface area (Å²) in [6.45, 7) is 4.64. The second-order valence-corrected chi connectivity index (χ2v) is 6.82. The van der Waals surface area contributed by atoms with Crippen LogP contribution in [0.1, 0.15) is 20.3 Å². The van der Waals surface area contributed by atoms with E-state index in [0.717, 1.165) is 0 Å². The Bertz CT molecular complexity index is 73.7. The molecule has 10 heavy (non-hydrogen) atoms. The van der Waals surface area contributed by atoms with Crippen LogP contribution in [0.4, 0.5) is 0 Å². The fourth-order valence-electron chi connectivity index (χ4n) is 1.35. The molecule has 0 radical (unpaired) electrons. The third-order valence-corrected chi connectivity index (χ3v) is 5.69. The fraction of sp³-hybridized carbons (Fsp3) is 1.00. The van der Waals surface area contributed by atoms with E-state index in [4.69, 9.17) is 0 Å². The van der Waals surface area contributed by atoms with Gasteiger partial charge in [-0.15, -0.1) is 0 Å². The molecule has 1 atom stereocenters. The molecule has 62 valence electrons. The van der Waals surface area contributed by atoms with Crippen molar-refractivity contribution in [3.8, 4) is 0 Å². The van der Waals surface area contributed by atoms with Crippen LogP contribution in [-0.2, 0) is 0 Å². The summed E-state index contributed by atoms with van der Waals surface area (Å²) in [5, 5.41) is 0. The van der Waals surface area contributed by atoms with Gasteiger partial charge in [-0.05, 0) is 20.3 Å². The SMILES string of the molecule is CCC[SiH](CC)CN(C)C. The van der Waals surface area contributed by atoms with Crippen LogP contribution in [-0.4, -0.2) is 34.0 Å². The molecule has 0 aliphatic rings. The molecule has 0 heterocycles. The van der Waals surface area contributed by atoms with Gasteiger partial charge >= 0.3 is 0 Å². The molecule has 0 aliphatic carbocycles. The summed E-state index contributed by atoms with van der Waals surface area (Å²) in [7, 11) is 4.03. The van der Waals surface area contributed by atoms with Crippen LogP contribution < -0.4 is 0 Å². The van der Waals surface area contributed by atoms with E-state index in [2.05, 4.69) is 32.8 Å². The highest BCUT2D eigenvalue weighted by Gasteiger charge is 2.06. The van der Waals surface area contributed by atoms with Crippen molar-refractivity contribution in [3.05, 3.63) is 0 Å². The van der Waals surface area contributed by atoms with Crippen LogP contribution in [0.3, 0.4) is 0 Å². The summed E-state index contributed by atoms with van der Waals surface area (Å²) in [6, 6.07) is 2.99. The molecule has 0 saturated carbocycles.